The molecule has 0 aliphatic carbocycles. The molecule has 0 aliphatic rings. The fourth-order valence-corrected chi connectivity index (χ4v) is 2.24. The molecule has 0 radical (unpaired) electrons. The highest BCUT2D eigenvalue weighted by atomic mass is 35.5. The highest BCUT2D eigenvalue weighted by molar-refractivity contribution is 6.31. The molecule has 0 heterocycles. The number of hydrogen-bond donors (Lipinski definition) is 1. The Kier molecular flexibility index (Phi) is 4.35. The number of aryl methyl sites for hydroxylation is 1. The minimum Gasteiger partial charge on any atom is -0.388 e. The maximum Gasteiger partial charge on any atom is 0.129 e. The van der Waals surface area contributed by atoms with E-state index in [9.17, 15) is 18.3 Å². The second-order valence-electron chi connectivity index (χ2n) is 4.54. The van der Waals surface area contributed by atoms with Crippen molar-refractivity contribution in [2.24, 2.45) is 0 Å². The average molecular weight is 301 g/mol. The summed E-state index contributed by atoms with van der Waals surface area (Å²) < 4.78 is 40.3. The monoisotopic (exact) mass is 300 g/mol. The largest absolute Gasteiger partial charge is 0.388 e. The number of benzene rings is 2. The molecule has 0 aromatic heterocycles. The lowest BCUT2D eigenvalue weighted by atomic mass is 9.99. The van der Waals surface area contributed by atoms with Crippen molar-refractivity contribution in [3.63, 3.8) is 0 Å². The van der Waals surface area contributed by atoms with Gasteiger partial charge in [-0.3, -0.25) is 0 Å². The number of rotatable bonds is 3. The summed E-state index contributed by atoms with van der Waals surface area (Å²) in [5.74, 6) is -1.97. The Bertz CT molecular complexity index is 623. The van der Waals surface area contributed by atoms with Gasteiger partial charge in [-0.15, -0.1) is 0 Å². The van der Waals surface area contributed by atoms with E-state index in [1.165, 1.54) is 19.1 Å². The van der Waals surface area contributed by atoms with Crippen LogP contribution in [0.15, 0.2) is 30.3 Å². The molecule has 1 N–H and O–H groups in total. The molecular formula is C15H12ClF3O. The molecule has 0 amide bonds. The van der Waals surface area contributed by atoms with Crippen LogP contribution in [0.5, 0.6) is 0 Å². The number of aliphatic hydroxyl groups excluding tert-OH is 1. The topological polar surface area (TPSA) is 20.2 Å². The zero-order chi connectivity index (χ0) is 14.9. The van der Waals surface area contributed by atoms with Crippen molar-refractivity contribution in [3.05, 3.63) is 69.5 Å². The molecule has 2 aromatic carbocycles. The van der Waals surface area contributed by atoms with Crippen LogP contribution in [0.3, 0.4) is 0 Å². The first-order valence-electron chi connectivity index (χ1n) is 5.96. The van der Waals surface area contributed by atoms with E-state index in [1.54, 1.807) is 0 Å². The zero-order valence-corrected chi connectivity index (χ0v) is 11.4. The van der Waals surface area contributed by atoms with Gasteiger partial charge < -0.3 is 5.11 Å². The van der Waals surface area contributed by atoms with Gasteiger partial charge in [0.15, 0.2) is 0 Å². The van der Waals surface area contributed by atoms with Crippen LogP contribution >= 0.6 is 11.6 Å². The number of aliphatic hydroxyl groups is 1. The summed E-state index contributed by atoms with van der Waals surface area (Å²) in [5, 5.41) is 10.1. The fraction of sp³-hybridized carbons (Fsp3) is 0.200. The molecule has 0 fully saturated rings. The van der Waals surface area contributed by atoms with Gasteiger partial charge in [-0.05, 0) is 42.3 Å². The van der Waals surface area contributed by atoms with Crippen molar-refractivity contribution in [2.45, 2.75) is 19.4 Å². The Morgan fingerprint density at radius 1 is 1.10 bits per heavy atom. The van der Waals surface area contributed by atoms with E-state index in [2.05, 4.69) is 0 Å². The third kappa shape index (κ3) is 2.97. The Hall–Kier alpha value is -1.52. The van der Waals surface area contributed by atoms with E-state index in [-0.39, 0.29) is 22.6 Å². The van der Waals surface area contributed by atoms with Gasteiger partial charge in [0, 0.05) is 17.0 Å². The Morgan fingerprint density at radius 3 is 2.30 bits per heavy atom. The molecule has 0 saturated heterocycles. The molecule has 20 heavy (non-hydrogen) atoms. The standard InChI is InChI=1S/C15H12ClF3O/c1-8-5-9(11(16)7-14(8)19)15(20)6-10-12(17)3-2-4-13(10)18/h2-5,7,15,20H,6H2,1H3. The molecule has 1 unspecified atom stereocenters. The van der Waals surface area contributed by atoms with Crippen LogP contribution in [0.25, 0.3) is 0 Å². The van der Waals surface area contributed by atoms with Crippen LogP contribution in [0.1, 0.15) is 22.8 Å². The summed E-state index contributed by atoms with van der Waals surface area (Å²) in [6.45, 7) is 1.52. The highest BCUT2D eigenvalue weighted by Crippen LogP contribution is 2.29. The van der Waals surface area contributed by atoms with E-state index in [4.69, 9.17) is 11.6 Å². The van der Waals surface area contributed by atoms with E-state index >= 15 is 0 Å². The quantitative estimate of drug-likeness (QED) is 0.894. The zero-order valence-electron chi connectivity index (χ0n) is 10.6. The summed E-state index contributed by atoms with van der Waals surface area (Å²) in [5.41, 5.74) is 0.323. The summed E-state index contributed by atoms with van der Waals surface area (Å²) in [6.07, 6.45) is -1.49. The molecule has 2 aromatic rings. The SMILES string of the molecule is Cc1cc(C(O)Cc2c(F)cccc2F)c(Cl)cc1F. The van der Waals surface area contributed by atoms with Crippen molar-refractivity contribution < 1.29 is 18.3 Å². The van der Waals surface area contributed by atoms with Gasteiger partial charge in [-0.25, -0.2) is 13.2 Å². The van der Waals surface area contributed by atoms with Crippen LogP contribution < -0.4 is 0 Å². The highest BCUT2D eigenvalue weighted by Gasteiger charge is 2.18. The van der Waals surface area contributed by atoms with Gasteiger partial charge in [0.05, 0.1) is 6.10 Å². The minimum absolute atomic E-state index is 0.0253. The Labute approximate surface area is 119 Å². The number of halogens is 4. The average Bonchev–Trinajstić information content (AvgIpc) is 2.38. The second kappa shape index (κ2) is 5.85. The molecule has 0 saturated carbocycles. The van der Waals surface area contributed by atoms with Crippen molar-refractivity contribution in [1.29, 1.82) is 0 Å². The van der Waals surface area contributed by atoms with Crippen LogP contribution in [-0.4, -0.2) is 5.11 Å². The predicted molar refractivity (Wildman–Crippen MR) is 71.2 cm³/mol. The first-order valence-corrected chi connectivity index (χ1v) is 6.34. The molecule has 1 nitrogen and oxygen atoms in total. The molecule has 106 valence electrons. The van der Waals surface area contributed by atoms with Gasteiger partial charge in [0.1, 0.15) is 17.5 Å². The lowest BCUT2D eigenvalue weighted by molar-refractivity contribution is 0.175. The molecule has 0 spiro atoms. The van der Waals surface area contributed by atoms with Gasteiger partial charge in [-0.2, -0.15) is 0 Å². The first kappa shape index (κ1) is 14.9. The fourth-order valence-electron chi connectivity index (χ4n) is 1.97. The van der Waals surface area contributed by atoms with Crippen LogP contribution in [-0.2, 0) is 6.42 Å². The smallest absolute Gasteiger partial charge is 0.129 e. The number of hydrogen-bond acceptors (Lipinski definition) is 1. The van der Waals surface area contributed by atoms with Gasteiger partial charge in [0.2, 0.25) is 0 Å². The predicted octanol–water partition coefficient (Wildman–Crippen LogP) is 4.34. The van der Waals surface area contributed by atoms with Crippen molar-refractivity contribution >= 4 is 11.6 Å². The third-order valence-electron chi connectivity index (χ3n) is 3.10. The van der Waals surface area contributed by atoms with Crippen LogP contribution in [0, 0.1) is 24.4 Å². The lowest BCUT2D eigenvalue weighted by Crippen LogP contribution is -2.07. The van der Waals surface area contributed by atoms with Crippen LogP contribution in [0.2, 0.25) is 5.02 Å². The third-order valence-corrected chi connectivity index (χ3v) is 3.42. The molecule has 5 heteroatoms. The van der Waals surface area contributed by atoms with Crippen molar-refractivity contribution in [1.82, 2.24) is 0 Å². The summed E-state index contributed by atoms with van der Waals surface area (Å²) in [4.78, 5) is 0. The maximum atomic E-state index is 13.5. The van der Waals surface area contributed by atoms with Crippen molar-refractivity contribution in [3.8, 4) is 0 Å². The summed E-state index contributed by atoms with van der Waals surface area (Å²) in [6, 6.07) is 5.93. The van der Waals surface area contributed by atoms with E-state index in [1.807, 2.05) is 0 Å². The van der Waals surface area contributed by atoms with Crippen molar-refractivity contribution in [2.75, 3.05) is 0 Å². The van der Waals surface area contributed by atoms with Gasteiger partial charge in [0.25, 0.3) is 0 Å². The summed E-state index contributed by atoms with van der Waals surface area (Å²) >= 11 is 5.85. The normalized spacial score (nSPS) is 12.5. The Morgan fingerprint density at radius 2 is 1.70 bits per heavy atom. The minimum atomic E-state index is -1.21. The molecule has 0 aliphatic heterocycles. The van der Waals surface area contributed by atoms with E-state index < -0.39 is 23.6 Å². The molecule has 0 bridgehead atoms. The molecule has 2 rings (SSSR count). The first-order chi connectivity index (χ1) is 9.40. The molecular weight excluding hydrogens is 289 g/mol. The lowest BCUT2D eigenvalue weighted by Gasteiger charge is -2.15. The van der Waals surface area contributed by atoms with E-state index in [0.29, 0.717) is 5.56 Å². The van der Waals surface area contributed by atoms with E-state index in [0.717, 1.165) is 18.2 Å². The van der Waals surface area contributed by atoms with Crippen LogP contribution in [0.4, 0.5) is 13.2 Å². The van der Waals surface area contributed by atoms with Gasteiger partial charge >= 0.3 is 0 Å². The Balaban J connectivity index is 2.33. The maximum absolute atomic E-state index is 13.5. The second-order valence-corrected chi connectivity index (χ2v) is 4.95. The molecule has 1 atom stereocenters. The summed E-state index contributed by atoms with van der Waals surface area (Å²) in [7, 11) is 0. The van der Waals surface area contributed by atoms with Gasteiger partial charge in [-0.1, -0.05) is 17.7 Å².